The number of unbranched alkanes of at least 4 members (excludes halogenated alkanes) is 2. The third-order valence-corrected chi connectivity index (χ3v) is 11.4. The third-order valence-electron chi connectivity index (χ3n) is 11.2. The number of anilines is 1. The normalized spacial score (nSPS) is 26.9. The number of rotatable bonds is 10. The second-order valence-corrected chi connectivity index (χ2v) is 14.4. The molecule has 3 aromatic rings. The summed E-state index contributed by atoms with van der Waals surface area (Å²) in [6.07, 6.45) is 3.82. The summed E-state index contributed by atoms with van der Waals surface area (Å²) < 4.78 is 13.8. The first-order chi connectivity index (χ1) is 24.4. The number of amides is 4. The Morgan fingerprint density at radius 3 is 2.35 bits per heavy atom. The first-order valence-electron chi connectivity index (χ1n) is 17.2. The average molecular weight is 714 g/mol. The van der Waals surface area contributed by atoms with E-state index in [0.29, 0.717) is 46.7 Å². The van der Waals surface area contributed by atoms with Gasteiger partial charge in [0.1, 0.15) is 11.6 Å². The number of hydrogen-bond acceptors (Lipinski definition) is 7. The van der Waals surface area contributed by atoms with Crippen molar-refractivity contribution in [3.05, 3.63) is 106 Å². The number of phenolic OH excluding ortho intramolecular Hbond substituents is 1. The van der Waals surface area contributed by atoms with Gasteiger partial charge in [-0.05, 0) is 97.7 Å². The van der Waals surface area contributed by atoms with Crippen LogP contribution in [0, 0.1) is 36.4 Å². The van der Waals surface area contributed by atoms with Gasteiger partial charge in [-0.3, -0.25) is 34.3 Å². The molecule has 10 nitrogen and oxygen atoms in total. The minimum Gasteiger partial charge on any atom is -0.508 e. The highest BCUT2D eigenvalue weighted by Crippen LogP contribution is 2.64. The standard InChI is InChI=1S/C39H37ClFN3O7/c1-21-19-22(6-17-31(21)45)34-27-15-16-28-33(37(50)43(35(28)48)18-4-2-3-5-32(46)47)29(27)20-30-36(49)44(42-26-13-11-25(41)12-14-26)38(51)39(30,34)23-7-9-24(40)10-8-23/h6-15,17,19,28-30,33-34,42,45H,2-5,16,18,20H2,1H3,(H,46,47)/t28-,29+,30-,33-,34-,39+/m0/s1. The van der Waals surface area contributed by atoms with Crippen molar-refractivity contribution in [2.45, 2.75) is 56.8 Å². The van der Waals surface area contributed by atoms with Gasteiger partial charge in [0, 0.05) is 23.9 Å². The fraction of sp³-hybridized carbons (Fsp3) is 0.359. The van der Waals surface area contributed by atoms with Crippen LogP contribution in [0.15, 0.2) is 78.4 Å². The minimum absolute atomic E-state index is 0.0111. The van der Waals surface area contributed by atoms with Gasteiger partial charge in [0.15, 0.2) is 0 Å². The summed E-state index contributed by atoms with van der Waals surface area (Å²) in [4.78, 5) is 70.0. The van der Waals surface area contributed by atoms with E-state index in [1.807, 2.05) is 6.08 Å². The number of phenols is 1. The SMILES string of the molecule is Cc1cc([C@H]2C3=CC[C@@H]4C(=O)N(CCCCCC(=O)O)C(=O)[C@@H]4[C@@H]3C[C@H]3C(=O)N(Nc4ccc(F)cc4)C(=O)[C@@]23c2ccc(Cl)cc2)ccc1O. The minimum atomic E-state index is -1.51. The van der Waals surface area contributed by atoms with Crippen LogP contribution in [-0.2, 0) is 29.4 Å². The lowest BCUT2D eigenvalue weighted by atomic mass is 9.49. The van der Waals surface area contributed by atoms with Gasteiger partial charge >= 0.3 is 5.97 Å². The number of likely N-dealkylation sites (tertiary alicyclic amines) is 1. The molecule has 2 aliphatic heterocycles. The Morgan fingerprint density at radius 1 is 0.941 bits per heavy atom. The van der Waals surface area contributed by atoms with Crippen molar-refractivity contribution in [2.75, 3.05) is 12.0 Å². The number of allylic oxidation sites excluding steroid dienone is 2. The lowest BCUT2D eigenvalue weighted by Crippen LogP contribution is -2.53. The van der Waals surface area contributed by atoms with Crippen LogP contribution < -0.4 is 5.43 Å². The van der Waals surface area contributed by atoms with Crippen LogP contribution in [0.1, 0.15) is 61.1 Å². The quantitative estimate of drug-likeness (QED) is 0.130. The van der Waals surface area contributed by atoms with Crippen molar-refractivity contribution in [1.29, 1.82) is 0 Å². The Balaban J connectivity index is 1.35. The van der Waals surface area contributed by atoms with Crippen LogP contribution in [0.3, 0.4) is 0 Å². The molecule has 4 amide bonds. The predicted molar refractivity (Wildman–Crippen MR) is 185 cm³/mol. The number of carboxylic acid groups (broad SMARTS) is 1. The number of carbonyl (C=O) groups excluding carboxylic acids is 4. The Morgan fingerprint density at radius 2 is 1.67 bits per heavy atom. The number of nitrogens with one attached hydrogen (secondary N) is 1. The molecule has 3 aromatic carbocycles. The molecule has 0 bridgehead atoms. The first-order valence-corrected chi connectivity index (χ1v) is 17.5. The zero-order valence-electron chi connectivity index (χ0n) is 27.9. The van der Waals surface area contributed by atoms with Gasteiger partial charge in [-0.2, -0.15) is 5.01 Å². The number of aliphatic carboxylic acids is 1. The van der Waals surface area contributed by atoms with E-state index in [0.717, 1.165) is 10.6 Å². The lowest BCUT2D eigenvalue weighted by molar-refractivity contribution is -0.141. The number of fused-ring (bicyclic) bond motifs is 4. The highest BCUT2D eigenvalue weighted by molar-refractivity contribution is 6.30. The van der Waals surface area contributed by atoms with Gasteiger partial charge in [-0.1, -0.05) is 53.9 Å². The van der Waals surface area contributed by atoms with Gasteiger partial charge < -0.3 is 10.2 Å². The number of benzene rings is 3. The molecule has 0 aromatic heterocycles. The summed E-state index contributed by atoms with van der Waals surface area (Å²) in [5.74, 6) is -6.65. The fourth-order valence-electron chi connectivity index (χ4n) is 8.90. The van der Waals surface area contributed by atoms with Crippen LogP contribution in [0.25, 0.3) is 0 Å². The second kappa shape index (κ2) is 13.3. The van der Waals surface area contributed by atoms with E-state index in [2.05, 4.69) is 5.43 Å². The van der Waals surface area contributed by atoms with Gasteiger partial charge in [-0.25, -0.2) is 4.39 Å². The van der Waals surface area contributed by atoms with E-state index < -0.39 is 58.6 Å². The molecule has 3 N–H and O–H groups in total. The Bertz CT molecular complexity index is 1970. The van der Waals surface area contributed by atoms with Crippen LogP contribution >= 0.6 is 11.6 Å². The Kier molecular flexibility index (Phi) is 8.95. The molecule has 0 spiro atoms. The molecule has 4 aliphatic rings. The Hall–Kier alpha value is -5.03. The molecule has 2 saturated heterocycles. The number of carboxylic acids is 1. The molecule has 0 unspecified atom stereocenters. The van der Waals surface area contributed by atoms with Crippen molar-refractivity contribution >= 4 is 46.9 Å². The van der Waals surface area contributed by atoms with Gasteiger partial charge in [-0.15, -0.1) is 0 Å². The topological polar surface area (TPSA) is 144 Å². The summed E-state index contributed by atoms with van der Waals surface area (Å²) in [5, 5.41) is 20.9. The van der Waals surface area contributed by atoms with Gasteiger partial charge in [0.2, 0.25) is 11.8 Å². The van der Waals surface area contributed by atoms with Crippen molar-refractivity contribution in [3.63, 3.8) is 0 Å². The molecule has 3 fully saturated rings. The maximum absolute atomic E-state index is 15.1. The number of halogens is 2. The monoisotopic (exact) mass is 713 g/mol. The maximum atomic E-state index is 15.1. The summed E-state index contributed by atoms with van der Waals surface area (Å²) in [6, 6.07) is 17.2. The summed E-state index contributed by atoms with van der Waals surface area (Å²) in [6.45, 7) is 1.92. The second-order valence-electron chi connectivity index (χ2n) is 14.0. The largest absolute Gasteiger partial charge is 0.508 e. The zero-order valence-corrected chi connectivity index (χ0v) is 28.6. The van der Waals surface area contributed by atoms with Crippen LogP contribution in [0.5, 0.6) is 5.75 Å². The van der Waals surface area contributed by atoms with Crippen LogP contribution in [0.4, 0.5) is 10.1 Å². The molecule has 6 atom stereocenters. The number of nitrogens with zero attached hydrogens (tertiary/aromatic N) is 2. The summed E-state index contributed by atoms with van der Waals surface area (Å²) in [5.41, 5.74) is 4.30. The number of carbonyl (C=O) groups is 5. The first kappa shape index (κ1) is 34.4. The van der Waals surface area contributed by atoms with Crippen LogP contribution in [0.2, 0.25) is 5.02 Å². The number of hydrogen-bond donors (Lipinski definition) is 3. The van der Waals surface area contributed by atoms with Crippen molar-refractivity contribution in [3.8, 4) is 5.75 Å². The average Bonchev–Trinajstić information content (AvgIpc) is 3.47. The fourth-order valence-corrected chi connectivity index (χ4v) is 9.02. The van der Waals surface area contributed by atoms with E-state index in [-0.39, 0.29) is 43.4 Å². The molecule has 51 heavy (non-hydrogen) atoms. The van der Waals surface area contributed by atoms with E-state index in [4.69, 9.17) is 16.7 Å². The molecule has 0 radical (unpaired) electrons. The maximum Gasteiger partial charge on any atom is 0.303 e. The Labute approximate surface area is 298 Å². The van der Waals surface area contributed by atoms with Gasteiger partial charge in [0.05, 0.1) is 28.9 Å². The molecule has 1 saturated carbocycles. The zero-order chi connectivity index (χ0) is 36.2. The molecule has 12 heteroatoms. The molecule has 7 rings (SSSR count). The van der Waals surface area contributed by atoms with E-state index in [1.54, 1.807) is 49.4 Å². The molecular formula is C39H37ClFN3O7. The summed E-state index contributed by atoms with van der Waals surface area (Å²) >= 11 is 6.33. The number of aromatic hydroxyl groups is 1. The van der Waals surface area contributed by atoms with Crippen molar-refractivity contribution in [1.82, 2.24) is 9.91 Å². The molecule has 2 aliphatic carbocycles. The van der Waals surface area contributed by atoms with Crippen LogP contribution in [-0.4, -0.2) is 56.3 Å². The number of aryl methyl sites for hydroxylation is 1. The smallest absolute Gasteiger partial charge is 0.303 e. The number of hydrazine groups is 1. The van der Waals surface area contributed by atoms with E-state index in [1.165, 1.54) is 29.2 Å². The van der Waals surface area contributed by atoms with Crippen molar-refractivity contribution < 1.29 is 38.6 Å². The molecular weight excluding hydrogens is 677 g/mol. The van der Waals surface area contributed by atoms with E-state index in [9.17, 15) is 28.7 Å². The highest BCUT2D eigenvalue weighted by Gasteiger charge is 2.70. The molecule has 2 heterocycles. The lowest BCUT2D eigenvalue weighted by Gasteiger charge is -2.50. The van der Waals surface area contributed by atoms with Gasteiger partial charge in [0.25, 0.3) is 11.8 Å². The third kappa shape index (κ3) is 5.67. The molecule has 264 valence electrons. The van der Waals surface area contributed by atoms with Crippen molar-refractivity contribution in [2.24, 2.45) is 23.7 Å². The highest BCUT2D eigenvalue weighted by atomic mass is 35.5. The number of imide groups is 2. The summed E-state index contributed by atoms with van der Waals surface area (Å²) in [7, 11) is 0. The van der Waals surface area contributed by atoms with E-state index >= 15 is 4.79 Å². The predicted octanol–water partition coefficient (Wildman–Crippen LogP) is 6.12.